The number of fused-ring (bicyclic) bond motifs is 1. The maximum Gasteiger partial charge on any atom is 0.183 e. The predicted octanol–water partition coefficient (Wildman–Crippen LogP) is 3.61. The highest BCUT2D eigenvalue weighted by molar-refractivity contribution is 5.53. The smallest absolute Gasteiger partial charge is 0.183 e. The highest BCUT2D eigenvalue weighted by atomic mass is 19.2. The first kappa shape index (κ1) is 12.4. The molecule has 1 saturated carbocycles. The standard InChI is InChI=1S/C15H16F2N2/c16-14-11(9-18)5-6-13(15(14)17)19-8-7-10-3-1-2-4-12(10)19/h5-6,10,12H,1-4,7-8H2. The molecular formula is C15H16F2N2. The van der Waals surface area contributed by atoms with E-state index < -0.39 is 11.6 Å². The van der Waals surface area contributed by atoms with Crippen molar-refractivity contribution in [1.82, 2.24) is 0 Å². The van der Waals surface area contributed by atoms with Crippen LogP contribution in [0.15, 0.2) is 12.1 Å². The van der Waals surface area contributed by atoms with Crippen LogP contribution in [0.5, 0.6) is 0 Å². The lowest BCUT2D eigenvalue weighted by molar-refractivity contribution is 0.340. The van der Waals surface area contributed by atoms with Gasteiger partial charge in [0.05, 0.1) is 11.3 Å². The van der Waals surface area contributed by atoms with Crippen molar-refractivity contribution in [3.63, 3.8) is 0 Å². The summed E-state index contributed by atoms with van der Waals surface area (Å²) in [6.07, 6.45) is 5.73. The van der Waals surface area contributed by atoms with E-state index in [1.54, 1.807) is 12.1 Å². The van der Waals surface area contributed by atoms with E-state index in [1.165, 1.54) is 18.9 Å². The summed E-state index contributed by atoms with van der Waals surface area (Å²) in [4.78, 5) is 2.00. The molecule has 0 radical (unpaired) electrons. The van der Waals surface area contributed by atoms with Gasteiger partial charge in [-0.1, -0.05) is 12.8 Å². The van der Waals surface area contributed by atoms with Crippen LogP contribution in [0.4, 0.5) is 14.5 Å². The maximum absolute atomic E-state index is 14.1. The van der Waals surface area contributed by atoms with Gasteiger partial charge in [0, 0.05) is 12.6 Å². The lowest BCUT2D eigenvalue weighted by Crippen LogP contribution is -2.35. The lowest BCUT2D eigenvalue weighted by atomic mass is 9.85. The van der Waals surface area contributed by atoms with Crippen LogP contribution < -0.4 is 4.90 Å². The maximum atomic E-state index is 14.1. The Hall–Kier alpha value is -1.63. The number of nitriles is 1. The Morgan fingerprint density at radius 2 is 1.89 bits per heavy atom. The minimum absolute atomic E-state index is 0.222. The number of rotatable bonds is 1. The van der Waals surface area contributed by atoms with Crippen molar-refractivity contribution in [3.05, 3.63) is 29.3 Å². The molecule has 2 nitrogen and oxygen atoms in total. The van der Waals surface area contributed by atoms with Crippen LogP contribution in [-0.2, 0) is 0 Å². The molecule has 1 heterocycles. The second kappa shape index (κ2) is 4.80. The minimum atomic E-state index is -1.01. The topological polar surface area (TPSA) is 27.0 Å². The summed E-state index contributed by atoms with van der Waals surface area (Å²) in [6.45, 7) is 0.789. The van der Waals surface area contributed by atoms with Crippen LogP contribution in [0.1, 0.15) is 37.7 Å². The van der Waals surface area contributed by atoms with Crippen molar-refractivity contribution < 1.29 is 8.78 Å². The summed E-state index contributed by atoms with van der Waals surface area (Å²) in [5, 5.41) is 8.72. The van der Waals surface area contributed by atoms with Crippen LogP contribution in [0.25, 0.3) is 0 Å². The van der Waals surface area contributed by atoms with Crippen molar-refractivity contribution in [1.29, 1.82) is 5.26 Å². The number of hydrogen-bond donors (Lipinski definition) is 0. The van der Waals surface area contributed by atoms with Crippen LogP contribution >= 0.6 is 0 Å². The molecule has 1 aliphatic heterocycles. The molecular weight excluding hydrogens is 246 g/mol. The second-order valence-electron chi connectivity index (χ2n) is 5.47. The normalized spacial score (nSPS) is 26.1. The molecule has 0 bridgehead atoms. The quantitative estimate of drug-likeness (QED) is 0.773. The number of halogens is 2. The molecule has 2 fully saturated rings. The van der Waals surface area contributed by atoms with E-state index in [2.05, 4.69) is 0 Å². The van der Waals surface area contributed by atoms with Crippen molar-refractivity contribution in [2.45, 2.75) is 38.1 Å². The molecule has 1 saturated heterocycles. The van der Waals surface area contributed by atoms with E-state index >= 15 is 0 Å². The molecule has 3 rings (SSSR count). The molecule has 2 atom stereocenters. The summed E-state index contributed by atoms with van der Waals surface area (Å²) in [6, 6.07) is 4.95. The van der Waals surface area contributed by atoms with Crippen LogP contribution in [0.2, 0.25) is 0 Å². The van der Waals surface area contributed by atoms with Gasteiger partial charge in [0.1, 0.15) is 6.07 Å². The molecule has 2 aliphatic rings. The Balaban J connectivity index is 1.95. The van der Waals surface area contributed by atoms with Crippen molar-refractivity contribution in [2.24, 2.45) is 5.92 Å². The third-order valence-electron chi connectivity index (χ3n) is 4.50. The summed E-state index contributed by atoms with van der Waals surface area (Å²) >= 11 is 0. The molecule has 0 spiro atoms. The summed E-state index contributed by atoms with van der Waals surface area (Å²) in [5.41, 5.74) is 0.103. The van der Waals surface area contributed by atoms with Gasteiger partial charge in [0.25, 0.3) is 0 Å². The first-order valence-electron chi connectivity index (χ1n) is 6.87. The van der Waals surface area contributed by atoms with E-state index in [1.807, 2.05) is 4.90 Å². The Kier molecular flexibility index (Phi) is 3.14. The van der Waals surface area contributed by atoms with Gasteiger partial charge in [-0.3, -0.25) is 0 Å². The molecule has 100 valence electrons. The van der Waals surface area contributed by atoms with Gasteiger partial charge >= 0.3 is 0 Å². The Morgan fingerprint density at radius 3 is 2.68 bits per heavy atom. The molecule has 2 unspecified atom stereocenters. The van der Waals surface area contributed by atoms with E-state index in [-0.39, 0.29) is 5.56 Å². The number of nitrogens with zero attached hydrogens (tertiary/aromatic N) is 2. The number of hydrogen-bond acceptors (Lipinski definition) is 2. The van der Waals surface area contributed by atoms with Gasteiger partial charge < -0.3 is 4.90 Å². The molecule has 4 heteroatoms. The largest absolute Gasteiger partial charge is 0.366 e. The first-order chi connectivity index (χ1) is 9.22. The third kappa shape index (κ3) is 1.98. The first-order valence-corrected chi connectivity index (χ1v) is 6.87. The van der Waals surface area contributed by atoms with E-state index in [9.17, 15) is 8.78 Å². The lowest BCUT2D eigenvalue weighted by Gasteiger charge is -2.33. The fourth-order valence-electron chi connectivity index (χ4n) is 3.55. The Bertz CT molecular complexity index is 536. The van der Waals surface area contributed by atoms with E-state index in [0.29, 0.717) is 17.6 Å². The molecule has 0 aromatic heterocycles. The fourth-order valence-corrected chi connectivity index (χ4v) is 3.55. The summed E-state index contributed by atoms with van der Waals surface area (Å²) in [7, 11) is 0. The van der Waals surface area contributed by atoms with Gasteiger partial charge in [-0.15, -0.1) is 0 Å². The fraction of sp³-hybridized carbons (Fsp3) is 0.533. The SMILES string of the molecule is N#Cc1ccc(N2CCC3CCCCC32)c(F)c1F. The third-order valence-corrected chi connectivity index (χ3v) is 4.50. The predicted molar refractivity (Wildman–Crippen MR) is 68.8 cm³/mol. The molecule has 1 aromatic carbocycles. The monoisotopic (exact) mass is 262 g/mol. The molecule has 0 amide bonds. The van der Waals surface area contributed by atoms with Gasteiger partial charge in [-0.2, -0.15) is 5.26 Å². The zero-order valence-electron chi connectivity index (χ0n) is 10.7. The Morgan fingerprint density at radius 1 is 1.11 bits per heavy atom. The van der Waals surface area contributed by atoms with Crippen molar-refractivity contribution >= 4 is 5.69 Å². The van der Waals surface area contributed by atoms with Gasteiger partial charge in [0.2, 0.25) is 0 Å². The van der Waals surface area contributed by atoms with Crippen LogP contribution in [0.3, 0.4) is 0 Å². The zero-order valence-corrected chi connectivity index (χ0v) is 10.7. The molecule has 1 aliphatic carbocycles. The summed E-state index contributed by atoms with van der Waals surface area (Å²) < 4.78 is 27.8. The molecule has 0 N–H and O–H groups in total. The van der Waals surface area contributed by atoms with Crippen LogP contribution in [0, 0.1) is 28.9 Å². The number of benzene rings is 1. The molecule has 19 heavy (non-hydrogen) atoms. The van der Waals surface area contributed by atoms with Gasteiger partial charge in [-0.25, -0.2) is 8.78 Å². The zero-order chi connectivity index (χ0) is 13.4. The Labute approximate surface area is 111 Å². The second-order valence-corrected chi connectivity index (χ2v) is 5.47. The average molecular weight is 262 g/mol. The van der Waals surface area contributed by atoms with Crippen molar-refractivity contribution in [2.75, 3.05) is 11.4 Å². The summed E-state index contributed by atoms with van der Waals surface area (Å²) in [5.74, 6) is -1.27. The average Bonchev–Trinajstić information content (AvgIpc) is 2.86. The van der Waals surface area contributed by atoms with Gasteiger partial charge in [-0.05, 0) is 37.3 Å². The number of anilines is 1. The highest BCUT2D eigenvalue weighted by Crippen LogP contribution is 2.40. The van der Waals surface area contributed by atoms with Crippen LogP contribution in [-0.4, -0.2) is 12.6 Å². The van der Waals surface area contributed by atoms with Gasteiger partial charge in [0.15, 0.2) is 11.6 Å². The highest BCUT2D eigenvalue weighted by Gasteiger charge is 2.37. The van der Waals surface area contributed by atoms with E-state index in [4.69, 9.17) is 5.26 Å². The molecule has 1 aromatic rings. The minimum Gasteiger partial charge on any atom is -0.366 e. The van der Waals surface area contributed by atoms with Crippen molar-refractivity contribution in [3.8, 4) is 6.07 Å². The van der Waals surface area contributed by atoms with E-state index in [0.717, 1.165) is 25.8 Å².